The van der Waals surface area contributed by atoms with Crippen molar-refractivity contribution in [2.45, 2.75) is 19.0 Å². The number of hydrogen-bond donors (Lipinski definition) is 1. The Morgan fingerprint density at radius 3 is 3.07 bits per heavy atom. The molecule has 1 saturated heterocycles. The number of aromatic nitrogens is 1. The molecule has 0 aliphatic carbocycles. The Morgan fingerprint density at radius 1 is 1.57 bits per heavy atom. The largest absolute Gasteiger partial charge is 0.355 e. The van der Waals surface area contributed by atoms with Crippen molar-refractivity contribution in [3.8, 4) is 0 Å². The maximum atomic E-state index is 4.24. The van der Waals surface area contributed by atoms with Crippen LogP contribution < -0.4 is 10.2 Å². The zero-order valence-corrected chi connectivity index (χ0v) is 9.79. The first kappa shape index (κ1) is 9.93. The van der Waals surface area contributed by atoms with Gasteiger partial charge in [0.25, 0.3) is 0 Å². The maximum absolute atomic E-state index is 4.24. The Morgan fingerprint density at radius 2 is 2.43 bits per heavy atom. The number of pyridine rings is 1. The fourth-order valence-corrected chi connectivity index (χ4v) is 2.15. The van der Waals surface area contributed by atoms with Crippen LogP contribution in [0.5, 0.6) is 0 Å². The lowest BCUT2D eigenvalue weighted by atomic mass is 10.3. The van der Waals surface area contributed by atoms with E-state index in [1.54, 1.807) is 0 Å². The monoisotopic (exact) mass is 255 g/mol. The minimum Gasteiger partial charge on any atom is -0.355 e. The molecule has 2 heterocycles. The zero-order valence-electron chi connectivity index (χ0n) is 8.20. The minimum atomic E-state index is 0.470. The Hall–Kier alpha value is -0.610. The third-order valence-electron chi connectivity index (χ3n) is 2.63. The number of rotatable bonds is 2. The lowest BCUT2D eigenvalue weighted by molar-refractivity contribution is 0.582. The fraction of sp³-hybridized carbons (Fsp3) is 0.500. The third-order valence-corrected chi connectivity index (χ3v) is 3.10. The highest BCUT2D eigenvalue weighted by molar-refractivity contribution is 9.10. The highest BCUT2D eigenvalue weighted by Gasteiger charge is 2.22. The molecule has 76 valence electrons. The van der Waals surface area contributed by atoms with Crippen LogP contribution in [0.25, 0.3) is 0 Å². The number of nitrogens with one attached hydrogen (secondary N) is 1. The maximum Gasteiger partial charge on any atom is 0.106 e. The number of nitrogens with zero attached hydrogens (tertiary/aromatic N) is 2. The van der Waals surface area contributed by atoms with Crippen LogP contribution in [0, 0.1) is 0 Å². The molecule has 14 heavy (non-hydrogen) atoms. The molecule has 0 spiro atoms. The summed E-state index contributed by atoms with van der Waals surface area (Å²) in [5, 5.41) is 3.31. The highest BCUT2D eigenvalue weighted by Crippen LogP contribution is 2.23. The molecule has 3 nitrogen and oxygen atoms in total. The normalized spacial score (nSPS) is 21.6. The second-order valence-corrected chi connectivity index (χ2v) is 4.29. The summed E-state index contributed by atoms with van der Waals surface area (Å²) in [5.41, 5.74) is 1.20. The average molecular weight is 256 g/mol. The molecule has 0 bridgehead atoms. The van der Waals surface area contributed by atoms with Gasteiger partial charge < -0.3 is 10.2 Å². The van der Waals surface area contributed by atoms with Crippen molar-refractivity contribution in [2.24, 2.45) is 0 Å². The summed E-state index contributed by atoms with van der Waals surface area (Å²) in [6, 6.07) is 4.09. The zero-order chi connectivity index (χ0) is 9.97. The van der Waals surface area contributed by atoms with Crippen molar-refractivity contribution in [3.63, 3.8) is 0 Å². The molecule has 0 amide bonds. The SMILES string of the molecule is CNC1CCCN1c1ccc(Br)nc1. The Labute approximate surface area is 92.6 Å². The fourth-order valence-electron chi connectivity index (χ4n) is 1.91. The van der Waals surface area contributed by atoms with Crippen LogP contribution in [-0.4, -0.2) is 24.7 Å². The van der Waals surface area contributed by atoms with Gasteiger partial charge in [0.1, 0.15) is 4.60 Å². The lowest BCUT2D eigenvalue weighted by Gasteiger charge is -2.25. The van der Waals surface area contributed by atoms with E-state index in [-0.39, 0.29) is 0 Å². The Balaban J connectivity index is 2.17. The predicted molar refractivity (Wildman–Crippen MR) is 61.4 cm³/mol. The smallest absolute Gasteiger partial charge is 0.106 e. The molecular weight excluding hydrogens is 242 g/mol. The van der Waals surface area contributed by atoms with Crippen molar-refractivity contribution < 1.29 is 0 Å². The number of hydrogen-bond acceptors (Lipinski definition) is 3. The summed E-state index contributed by atoms with van der Waals surface area (Å²) in [4.78, 5) is 6.60. The van der Waals surface area contributed by atoms with Crippen molar-refractivity contribution >= 4 is 21.6 Å². The van der Waals surface area contributed by atoms with Gasteiger partial charge in [-0.15, -0.1) is 0 Å². The molecule has 1 fully saturated rings. The second kappa shape index (κ2) is 4.28. The van der Waals surface area contributed by atoms with Crippen molar-refractivity contribution in [1.82, 2.24) is 10.3 Å². The van der Waals surface area contributed by atoms with Gasteiger partial charge in [-0.2, -0.15) is 0 Å². The van der Waals surface area contributed by atoms with E-state index in [0.717, 1.165) is 11.1 Å². The summed E-state index contributed by atoms with van der Waals surface area (Å²) in [5.74, 6) is 0. The average Bonchev–Trinajstić information content (AvgIpc) is 2.67. The molecule has 0 saturated carbocycles. The van der Waals surface area contributed by atoms with E-state index in [2.05, 4.69) is 37.2 Å². The molecule has 1 unspecified atom stereocenters. The van der Waals surface area contributed by atoms with Crippen molar-refractivity contribution in [1.29, 1.82) is 0 Å². The minimum absolute atomic E-state index is 0.470. The Bertz CT molecular complexity index is 299. The molecule has 1 aliphatic rings. The first-order valence-corrected chi connectivity index (χ1v) is 5.66. The molecule has 0 radical (unpaired) electrons. The molecule has 1 atom stereocenters. The van der Waals surface area contributed by atoms with E-state index in [0.29, 0.717) is 6.17 Å². The lowest BCUT2D eigenvalue weighted by Crippen LogP contribution is -2.39. The van der Waals surface area contributed by atoms with Crippen molar-refractivity contribution in [2.75, 3.05) is 18.5 Å². The summed E-state index contributed by atoms with van der Waals surface area (Å²) >= 11 is 3.34. The van der Waals surface area contributed by atoms with Gasteiger partial charge in [0.2, 0.25) is 0 Å². The van der Waals surface area contributed by atoms with E-state index in [4.69, 9.17) is 0 Å². The molecule has 1 aliphatic heterocycles. The van der Waals surface area contributed by atoms with Gasteiger partial charge >= 0.3 is 0 Å². The van der Waals surface area contributed by atoms with Gasteiger partial charge in [-0.1, -0.05) is 0 Å². The van der Waals surface area contributed by atoms with Crippen LogP contribution in [0.3, 0.4) is 0 Å². The summed E-state index contributed by atoms with van der Waals surface area (Å²) in [7, 11) is 2.01. The first-order valence-electron chi connectivity index (χ1n) is 4.87. The van der Waals surface area contributed by atoms with E-state index in [1.165, 1.54) is 18.5 Å². The third kappa shape index (κ3) is 1.91. The number of anilines is 1. The summed E-state index contributed by atoms with van der Waals surface area (Å²) < 4.78 is 0.890. The van der Waals surface area contributed by atoms with Crippen LogP contribution in [0.15, 0.2) is 22.9 Å². The first-order chi connectivity index (χ1) is 6.81. The van der Waals surface area contributed by atoms with Crippen LogP contribution in [0.4, 0.5) is 5.69 Å². The topological polar surface area (TPSA) is 28.2 Å². The molecule has 1 aromatic rings. The molecular formula is C10H14BrN3. The van der Waals surface area contributed by atoms with Gasteiger partial charge in [0.05, 0.1) is 18.1 Å². The molecule has 4 heteroatoms. The van der Waals surface area contributed by atoms with Crippen LogP contribution >= 0.6 is 15.9 Å². The summed E-state index contributed by atoms with van der Waals surface area (Å²) in [6.45, 7) is 1.12. The summed E-state index contributed by atoms with van der Waals surface area (Å²) in [6.07, 6.45) is 4.85. The van der Waals surface area contributed by atoms with E-state index >= 15 is 0 Å². The van der Waals surface area contributed by atoms with Gasteiger partial charge in [-0.3, -0.25) is 0 Å². The highest BCUT2D eigenvalue weighted by atomic mass is 79.9. The standard InChI is InChI=1S/C10H14BrN3/c1-12-10-3-2-6-14(10)8-4-5-9(11)13-7-8/h4-5,7,10,12H,2-3,6H2,1H3. The number of halogens is 1. The van der Waals surface area contributed by atoms with Gasteiger partial charge in [-0.05, 0) is 48.0 Å². The van der Waals surface area contributed by atoms with Gasteiger partial charge in [0.15, 0.2) is 0 Å². The van der Waals surface area contributed by atoms with Crippen LogP contribution in [-0.2, 0) is 0 Å². The quantitative estimate of drug-likeness (QED) is 0.820. The van der Waals surface area contributed by atoms with Gasteiger partial charge in [-0.25, -0.2) is 4.98 Å². The van der Waals surface area contributed by atoms with E-state index in [9.17, 15) is 0 Å². The molecule has 2 rings (SSSR count). The van der Waals surface area contributed by atoms with Crippen LogP contribution in [0.1, 0.15) is 12.8 Å². The van der Waals surface area contributed by atoms with E-state index < -0.39 is 0 Å². The molecule has 1 N–H and O–H groups in total. The Kier molecular flexibility index (Phi) is 3.03. The molecule has 1 aromatic heterocycles. The predicted octanol–water partition coefficient (Wildman–Crippen LogP) is 1.99. The van der Waals surface area contributed by atoms with Crippen molar-refractivity contribution in [3.05, 3.63) is 22.9 Å². The van der Waals surface area contributed by atoms with Gasteiger partial charge in [0, 0.05) is 6.54 Å². The molecule has 0 aromatic carbocycles. The van der Waals surface area contributed by atoms with Crippen LogP contribution in [0.2, 0.25) is 0 Å². The van der Waals surface area contributed by atoms with E-state index in [1.807, 2.05) is 19.3 Å². The second-order valence-electron chi connectivity index (χ2n) is 3.48.